The van der Waals surface area contributed by atoms with E-state index in [1.807, 2.05) is 54.6 Å². The monoisotopic (exact) mass is 590 g/mol. The van der Waals surface area contributed by atoms with Crippen molar-refractivity contribution < 1.29 is 25.9 Å². The summed E-state index contributed by atoms with van der Waals surface area (Å²) in [5.41, 5.74) is 6.46. The zero-order chi connectivity index (χ0) is 26.5. The van der Waals surface area contributed by atoms with Crippen molar-refractivity contribution in [3.05, 3.63) is 138 Å². The molecule has 39 heavy (non-hydrogen) atoms. The van der Waals surface area contributed by atoms with Gasteiger partial charge in [0, 0.05) is 17.1 Å². The molecule has 0 bridgehead atoms. The van der Waals surface area contributed by atoms with E-state index >= 15 is 0 Å². The zero-order valence-electron chi connectivity index (χ0n) is 22.3. The standard InChI is InChI=1S/C29H27O2P2.C5H5.Fe/c1-19-10-4-6-14-26(19)33(27-15-7-5-11-20(27)2)21(3)22-18-23(24-12-8-16-30-24)28(29(22)32)25-13-9-17-31-25;1-2-4-5-3-1;/h4-18,21H,32H2,1-3H3;1-5H;/q-1;-5;. The predicted octanol–water partition coefficient (Wildman–Crippen LogP) is 8.64. The Bertz CT molecular complexity index is 1500. The van der Waals surface area contributed by atoms with Crippen molar-refractivity contribution in [2.75, 3.05) is 0 Å². The van der Waals surface area contributed by atoms with Gasteiger partial charge in [0.15, 0.2) is 0 Å². The molecule has 2 aromatic heterocycles. The topological polar surface area (TPSA) is 26.3 Å². The first-order chi connectivity index (χ1) is 18.6. The summed E-state index contributed by atoms with van der Waals surface area (Å²) < 4.78 is 11.7. The van der Waals surface area contributed by atoms with Crippen LogP contribution in [-0.2, 0) is 17.1 Å². The fraction of sp³-hybridized carbons (Fsp3) is 0.118. The molecule has 2 heterocycles. The van der Waals surface area contributed by atoms with Crippen LogP contribution < -0.4 is 15.9 Å². The Morgan fingerprint density at radius 3 is 1.67 bits per heavy atom. The van der Waals surface area contributed by atoms with Gasteiger partial charge >= 0.3 is 0 Å². The average molecular weight is 590 g/mol. The van der Waals surface area contributed by atoms with Crippen LogP contribution in [0.3, 0.4) is 0 Å². The van der Waals surface area contributed by atoms with Crippen molar-refractivity contribution in [1.29, 1.82) is 0 Å². The van der Waals surface area contributed by atoms with Crippen LogP contribution >= 0.6 is 17.2 Å². The molecular weight excluding hydrogens is 558 g/mol. The molecule has 0 saturated heterocycles. The second-order valence-electron chi connectivity index (χ2n) is 9.34. The molecule has 0 radical (unpaired) electrons. The maximum Gasteiger partial charge on any atom is 0.0895 e. The summed E-state index contributed by atoms with van der Waals surface area (Å²) in [6.45, 7) is 6.82. The minimum Gasteiger partial charge on any atom is -0.748 e. The molecule has 6 aromatic rings. The van der Waals surface area contributed by atoms with Gasteiger partial charge in [-0.3, -0.25) is 0 Å². The molecule has 0 aliphatic rings. The van der Waals surface area contributed by atoms with E-state index in [1.54, 1.807) is 12.5 Å². The molecule has 5 heteroatoms. The van der Waals surface area contributed by atoms with E-state index in [2.05, 4.69) is 84.6 Å². The molecule has 0 N–H and O–H groups in total. The maximum atomic E-state index is 5.85. The van der Waals surface area contributed by atoms with Crippen LogP contribution in [0, 0.1) is 13.8 Å². The van der Waals surface area contributed by atoms with E-state index in [-0.39, 0.29) is 17.1 Å². The number of hydrogen-bond acceptors (Lipinski definition) is 2. The third-order valence-corrected chi connectivity index (χ3v) is 10.6. The van der Waals surface area contributed by atoms with Gasteiger partial charge in [-0.15, -0.1) is 31.2 Å². The van der Waals surface area contributed by atoms with E-state index in [0.29, 0.717) is 5.66 Å². The van der Waals surface area contributed by atoms with E-state index < -0.39 is 7.92 Å². The third-order valence-electron chi connectivity index (χ3n) is 6.85. The summed E-state index contributed by atoms with van der Waals surface area (Å²) in [7, 11) is 2.36. The molecular formula is C34H32FeO2P2-6. The molecule has 0 saturated carbocycles. The Labute approximate surface area is 245 Å². The first kappa shape index (κ1) is 29.1. The van der Waals surface area contributed by atoms with Gasteiger partial charge in [0.2, 0.25) is 0 Å². The van der Waals surface area contributed by atoms with Gasteiger partial charge in [-0.25, -0.2) is 0 Å². The van der Waals surface area contributed by atoms with Gasteiger partial charge < -0.3 is 39.2 Å². The molecule has 204 valence electrons. The quantitative estimate of drug-likeness (QED) is 0.110. The molecule has 0 spiro atoms. The van der Waals surface area contributed by atoms with Crippen LogP contribution in [0.25, 0.3) is 22.6 Å². The van der Waals surface area contributed by atoms with E-state index in [1.165, 1.54) is 32.6 Å². The molecule has 2 atom stereocenters. The van der Waals surface area contributed by atoms with Crippen molar-refractivity contribution >= 4 is 33.1 Å². The Morgan fingerprint density at radius 2 is 1.21 bits per heavy atom. The van der Waals surface area contributed by atoms with Crippen LogP contribution in [0.2, 0.25) is 0 Å². The first-order valence-corrected chi connectivity index (χ1v) is 14.8. The molecule has 2 nitrogen and oxygen atoms in total. The largest absolute Gasteiger partial charge is 0.748 e. The van der Waals surface area contributed by atoms with Crippen LogP contribution in [0.5, 0.6) is 0 Å². The second kappa shape index (κ2) is 13.4. The summed E-state index contributed by atoms with van der Waals surface area (Å²) in [4.78, 5) is 0. The Morgan fingerprint density at radius 1 is 0.718 bits per heavy atom. The van der Waals surface area contributed by atoms with E-state index in [0.717, 1.165) is 22.6 Å². The predicted molar refractivity (Wildman–Crippen MR) is 166 cm³/mol. The summed E-state index contributed by atoms with van der Waals surface area (Å²) in [5, 5.41) is 4.04. The van der Waals surface area contributed by atoms with Crippen LogP contribution in [0.15, 0.2) is 131 Å². The molecule has 0 amide bonds. The van der Waals surface area contributed by atoms with Crippen molar-refractivity contribution in [3.63, 3.8) is 0 Å². The van der Waals surface area contributed by atoms with Crippen LogP contribution in [0.4, 0.5) is 0 Å². The van der Waals surface area contributed by atoms with Crippen molar-refractivity contribution in [1.82, 2.24) is 0 Å². The number of furan rings is 2. The van der Waals surface area contributed by atoms with Gasteiger partial charge in [0.25, 0.3) is 0 Å². The fourth-order valence-corrected chi connectivity index (χ4v) is 8.69. The summed E-state index contributed by atoms with van der Waals surface area (Å²) in [6, 6.07) is 37.9. The fourth-order valence-electron chi connectivity index (χ4n) is 4.93. The van der Waals surface area contributed by atoms with Gasteiger partial charge in [-0.1, -0.05) is 55.5 Å². The number of rotatable bonds is 6. The first-order valence-electron chi connectivity index (χ1n) is 12.8. The smallest absolute Gasteiger partial charge is 0.0895 e. The SMILES string of the molecule is Cc1ccccc1P(c1ccccc1C)C(C)[c-]1cc(-c2ccco2)c(-c2ccco2)c1P.[Fe].[cH-]1[cH-][cH-][cH-][cH-]1. The van der Waals surface area contributed by atoms with Gasteiger partial charge in [-0.2, -0.15) is 6.07 Å². The summed E-state index contributed by atoms with van der Waals surface area (Å²) in [5.74, 6) is 1.72. The normalized spacial score (nSPS) is 11.5. The summed E-state index contributed by atoms with van der Waals surface area (Å²) >= 11 is 0. The Balaban J connectivity index is 0.000000530. The molecule has 6 rings (SSSR count). The van der Waals surface area contributed by atoms with Crippen molar-refractivity contribution in [2.45, 2.75) is 26.4 Å². The van der Waals surface area contributed by atoms with Gasteiger partial charge in [0.1, 0.15) is 0 Å². The van der Waals surface area contributed by atoms with Gasteiger partial charge in [-0.05, 0) is 73.4 Å². The number of hydrogen-bond donors (Lipinski definition) is 0. The Hall–Kier alpha value is -2.92. The van der Waals surface area contributed by atoms with E-state index in [4.69, 9.17) is 8.83 Å². The minimum atomic E-state index is -0.635. The van der Waals surface area contributed by atoms with Gasteiger partial charge in [0.05, 0.1) is 24.0 Å². The minimum absolute atomic E-state index is 0. The van der Waals surface area contributed by atoms with Crippen LogP contribution in [0.1, 0.15) is 29.3 Å². The third kappa shape index (κ3) is 6.30. The maximum absolute atomic E-state index is 5.85. The zero-order valence-corrected chi connectivity index (χ0v) is 25.5. The van der Waals surface area contributed by atoms with Crippen molar-refractivity contribution in [3.8, 4) is 22.6 Å². The second-order valence-corrected chi connectivity index (χ2v) is 12.4. The molecule has 0 aliphatic heterocycles. The molecule has 2 unspecified atom stereocenters. The molecule has 4 aromatic carbocycles. The number of benzene rings is 2. The average Bonchev–Trinajstić information content (AvgIpc) is 3.75. The molecule has 0 aliphatic carbocycles. The van der Waals surface area contributed by atoms with Crippen LogP contribution in [-0.4, -0.2) is 0 Å². The number of aryl methyl sites for hydroxylation is 2. The Kier molecular flexibility index (Phi) is 10.0. The summed E-state index contributed by atoms with van der Waals surface area (Å²) in [6.07, 6.45) is 3.46. The van der Waals surface area contributed by atoms with E-state index in [9.17, 15) is 0 Å². The molecule has 0 fully saturated rings. The van der Waals surface area contributed by atoms with Crippen molar-refractivity contribution in [2.24, 2.45) is 0 Å².